The molecule has 1 heterocycles. The molecular formula is C27H36N2O5. The first-order valence-electron chi connectivity index (χ1n) is 12.0. The summed E-state index contributed by atoms with van der Waals surface area (Å²) in [6.07, 6.45) is 3.16. The van der Waals surface area contributed by atoms with Gasteiger partial charge in [-0.05, 0) is 72.7 Å². The van der Waals surface area contributed by atoms with E-state index in [9.17, 15) is 4.79 Å². The van der Waals surface area contributed by atoms with E-state index in [1.165, 1.54) is 22.3 Å². The van der Waals surface area contributed by atoms with Crippen molar-refractivity contribution in [3.8, 4) is 23.0 Å². The normalized spacial score (nSPS) is 17.6. The van der Waals surface area contributed by atoms with E-state index in [1.807, 2.05) is 17.0 Å². The minimum absolute atomic E-state index is 0.113. The summed E-state index contributed by atoms with van der Waals surface area (Å²) in [5.41, 5.74) is 5.08. The molecule has 0 saturated heterocycles. The predicted molar refractivity (Wildman–Crippen MR) is 132 cm³/mol. The van der Waals surface area contributed by atoms with Crippen LogP contribution in [0.3, 0.4) is 0 Å². The molecule has 1 unspecified atom stereocenters. The van der Waals surface area contributed by atoms with Gasteiger partial charge >= 0.3 is 0 Å². The highest BCUT2D eigenvalue weighted by Crippen LogP contribution is 2.42. The molecule has 184 valence electrons. The fraction of sp³-hybridized carbons (Fsp3) is 0.519. The molecule has 34 heavy (non-hydrogen) atoms. The number of ether oxygens (including phenoxy) is 4. The van der Waals surface area contributed by atoms with Gasteiger partial charge in [-0.25, -0.2) is 0 Å². The average molecular weight is 469 g/mol. The molecule has 7 nitrogen and oxygen atoms in total. The fourth-order valence-electron chi connectivity index (χ4n) is 5.03. The van der Waals surface area contributed by atoms with Gasteiger partial charge in [-0.15, -0.1) is 0 Å². The number of rotatable bonds is 9. The fourth-order valence-corrected chi connectivity index (χ4v) is 5.03. The Labute approximate surface area is 202 Å². The second kappa shape index (κ2) is 10.6. The van der Waals surface area contributed by atoms with Crippen LogP contribution in [0, 0.1) is 0 Å². The third-order valence-electron chi connectivity index (χ3n) is 7.11. The van der Waals surface area contributed by atoms with E-state index < -0.39 is 0 Å². The van der Waals surface area contributed by atoms with E-state index in [1.54, 1.807) is 28.4 Å². The van der Waals surface area contributed by atoms with Crippen molar-refractivity contribution < 1.29 is 23.7 Å². The largest absolute Gasteiger partial charge is 0.493 e. The zero-order chi connectivity index (χ0) is 24.2. The molecule has 1 aliphatic carbocycles. The Morgan fingerprint density at radius 2 is 1.38 bits per heavy atom. The molecule has 2 aliphatic rings. The zero-order valence-corrected chi connectivity index (χ0v) is 20.9. The Bertz CT molecular complexity index is 1000. The van der Waals surface area contributed by atoms with Gasteiger partial charge in [0.1, 0.15) is 0 Å². The van der Waals surface area contributed by atoms with Crippen LogP contribution < -0.4 is 24.3 Å². The summed E-state index contributed by atoms with van der Waals surface area (Å²) in [6, 6.07) is 8.36. The van der Waals surface area contributed by atoms with Crippen molar-refractivity contribution in [2.24, 2.45) is 0 Å². The number of amides is 1. The van der Waals surface area contributed by atoms with Crippen molar-refractivity contribution in [1.29, 1.82) is 0 Å². The van der Waals surface area contributed by atoms with Crippen LogP contribution in [0.2, 0.25) is 0 Å². The minimum Gasteiger partial charge on any atom is -0.493 e. The molecule has 2 atom stereocenters. The molecule has 7 heteroatoms. The monoisotopic (exact) mass is 468 g/mol. The molecule has 1 N–H and O–H groups in total. The lowest BCUT2D eigenvalue weighted by molar-refractivity contribution is -0.131. The summed E-state index contributed by atoms with van der Waals surface area (Å²) < 4.78 is 21.7. The topological polar surface area (TPSA) is 69.3 Å². The van der Waals surface area contributed by atoms with Crippen molar-refractivity contribution >= 4 is 5.91 Å². The standard InChI is InChI=1S/C27H36N2O5/c1-17(28-16-21-11-20-14-25(33-4)26(34-5)15-22(20)21)10-27(30)29-8-6-18-12-23(31-2)24(32-3)13-19(18)7-9-29/h12-15,17,21,28H,6-11,16H2,1-5H3/t17?,21-/m1/s1. The molecule has 0 aromatic heterocycles. The van der Waals surface area contributed by atoms with Crippen LogP contribution in [0.1, 0.15) is 41.5 Å². The van der Waals surface area contributed by atoms with E-state index in [4.69, 9.17) is 18.9 Å². The molecule has 0 fully saturated rings. The summed E-state index contributed by atoms with van der Waals surface area (Å²) in [4.78, 5) is 15.0. The SMILES string of the molecule is COc1cc2c(cc1OC)CCN(C(=O)CC(C)NC[C@H]1Cc3cc(OC)c(OC)cc31)CC2. The predicted octanol–water partition coefficient (Wildman–Crippen LogP) is 3.36. The summed E-state index contributed by atoms with van der Waals surface area (Å²) in [6.45, 7) is 4.40. The third kappa shape index (κ3) is 4.94. The Morgan fingerprint density at radius 1 is 0.882 bits per heavy atom. The quantitative estimate of drug-likeness (QED) is 0.609. The van der Waals surface area contributed by atoms with Gasteiger partial charge in [-0.3, -0.25) is 4.79 Å². The van der Waals surface area contributed by atoms with Gasteiger partial charge in [-0.1, -0.05) is 0 Å². The molecule has 0 saturated carbocycles. The summed E-state index contributed by atoms with van der Waals surface area (Å²) in [7, 11) is 6.64. The van der Waals surface area contributed by atoms with Crippen LogP contribution >= 0.6 is 0 Å². The van der Waals surface area contributed by atoms with Gasteiger partial charge < -0.3 is 29.2 Å². The second-order valence-electron chi connectivity index (χ2n) is 9.18. The van der Waals surface area contributed by atoms with E-state index in [0.29, 0.717) is 12.3 Å². The van der Waals surface area contributed by atoms with E-state index in [2.05, 4.69) is 24.4 Å². The number of fused-ring (bicyclic) bond motifs is 2. The third-order valence-corrected chi connectivity index (χ3v) is 7.11. The summed E-state index contributed by atoms with van der Waals surface area (Å²) in [5.74, 6) is 3.67. The Kier molecular flexibility index (Phi) is 7.51. The number of hydrogen-bond donors (Lipinski definition) is 1. The van der Waals surface area contributed by atoms with Gasteiger partial charge in [0.15, 0.2) is 23.0 Å². The summed E-state index contributed by atoms with van der Waals surface area (Å²) in [5, 5.41) is 3.57. The second-order valence-corrected chi connectivity index (χ2v) is 9.18. The van der Waals surface area contributed by atoms with E-state index in [0.717, 1.165) is 61.9 Å². The molecule has 0 bridgehead atoms. The number of carbonyl (C=O) groups is 1. The highest BCUT2D eigenvalue weighted by atomic mass is 16.5. The number of nitrogens with one attached hydrogen (secondary N) is 1. The number of nitrogens with zero attached hydrogens (tertiary/aromatic N) is 1. The number of carbonyl (C=O) groups excluding carboxylic acids is 1. The highest BCUT2D eigenvalue weighted by Gasteiger charge is 2.29. The minimum atomic E-state index is 0.113. The highest BCUT2D eigenvalue weighted by molar-refractivity contribution is 5.77. The summed E-state index contributed by atoms with van der Waals surface area (Å²) >= 11 is 0. The molecule has 2 aromatic rings. The molecule has 1 aliphatic heterocycles. The lowest BCUT2D eigenvalue weighted by Crippen LogP contribution is -2.40. The lowest BCUT2D eigenvalue weighted by atomic mass is 9.77. The molecule has 4 rings (SSSR count). The average Bonchev–Trinajstić information content (AvgIpc) is 3.05. The first kappa shape index (κ1) is 24.2. The lowest BCUT2D eigenvalue weighted by Gasteiger charge is -2.32. The van der Waals surface area contributed by atoms with Crippen LogP contribution in [-0.2, 0) is 24.1 Å². The van der Waals surface area contributed by atoms with Crippen LogP contribution in [0.5, 0.6) is 23.0 Å². The van der Waals surface area contributed by atoms with Crippen molar-refractivity contribution in [1.82, 2.24) is 10.2 Å². The van der Waals surface area contributed by atoms with Gasteiger partial charge in [-0.2, -0.15) is 0 Å². The first-order chi connectivity index (χ1) is 16.5. The van der Waals surface area contributed by atoms with Gasteiger partial charge in [0, 0.05) is 38.0 Å². The molecule has 0 radical (unpaired) electrons. The number of hydrogen-bond acceptors (Lipinski definition) is 6. The van der Waals surface area contributed by atoms with Crippen LogP contribution in [0.4, 0.5) is 0 Å². The van der Waals surface area contributed by atoms with E-state index in [-0.39, 0.29) is 11.9 Å². The van der Waals surface area contributed by atoms with Crippen molar-refractivity contribution in [2.75, 3.05) is 48.1 Å². The maximum Gasteiger partial charge on any atom is 0.224 e. The van der Waals surface area contributed by atoms with Gasteiger partial charge in [0.25, 0.3) is 0 Å². The molecule has 0 spiro atoms. The smallest absolute Gasteiger partial charge is 0.224 e. The van der Waals surface area contributed by atoms with E-state index >= 15 is 0 Å². The van der Waals surface area contributed by atoms with Crippen molar-refractivity contribution in [2.45, 2.75) is 44.6 Å². The van der Waals surface area contributed by atoms with Crippen molar-refractivity contribution in [3.63, 3.8) is 0 Å². The number of methoxy groups -OCH3 is 4. The molecule has 1 amide bonds. The molecule has 2 aromatic carbocycles. The Morgan fingerprint density at radius 3 is 1.91 bits per heavy atom. The first-order valence-corrected chi connectivity index (χ1v) is 12.0. The number of benzene rings is 2. The molecular weight excluding hydrogens is 432 g/mol. The maximum absolute atomic E-state index is 13.0. The van der Waals surface area contributed by atoms with Crippen LogP contribution in [0.25, 0.3) is 0 Å². The van der Waals surface area contributed by atoms with Crippen LogP contribution in [0.15, 0.2) is 24.3 Å². The van der Waals surface area contributed by atoms with Crippen LogP contribution in [-0.4, -0.2) is 64.9 Å². The van der Waals surface area contributed by atoms with Gasteiger partial charge in [0.2, 0.25) is 5.91 Å². The maximum atomic E-state index is 13.0. The Balaban J connectivity index is 1.29. The zero-order valence-electron chi connectivity index (χ0n) is 20.9. The van der Waals surface area contributed by atoms with Crippen molar-refractivity contribution in [3.05, 3.63) is 46.5 Å². The van der Waals surface area contributed by atoms with Gasteiger partial charge in [0.05, 0.1) is 28.4 Å². The Hall–Kier alpha value is -2.93.